The Hall–Kier alpha value is -3.32. The van der Waals surface area contributed by atoms with Crippen molar-refractivity contribution < 1.29 is 9.90 Å². The van der Waals surface area contributed by atoms with E-state index in [1.165, 1.54) is 0 Å². The molecule has 23 heavy (non-hydrogen) atoms. The molecule has 1 aromatic heterocycles. The zero-order chi connectivity index (χ0) is 16.4. The van der Waals surface area contributed by atoms with Gasteiger partial charge in [-0.1, -0.05) is 29.8 Å². The van der Waals surface area contributed by atoms with E-state index < -0.39 is 5.97 Å². The third-order valence-electron chi connectivity index (χ3n) is 3.72. The van der Waals surface area contributed by atoms with Crippen LogP contribution in [0.3, 0.4) is 0 Å². The van der Waals surface area contributed by atoms with Crippen molar-refractivity contribution in [3.05, 3.63) is 77.6 Å². The van der Waals surface area contributed by atoms with Crippen LogP contribution in [-0.4, -0.2) is 15.6 Å². The van der Waals surface area contributed by atoms with E-state index in [0.717, 1.165) is 22.4 Å². The second-order valence-corrected chi connectivity index (χ2v) is 5.32. The summed E-state index contributed by atoms with van der Waals surface area (Å²) >= 11 is 0. The first kappa shape index (κ1) is 14.6. The molecule has 0 radical (unpaired) electrons. The zero-order valence-corrected chi connectivity index (χ0v) is 12.5. The van der Waals surface area contributed by atoms with Crippen molar-refractivity contribution in [2.45, 2.75) is 6.92 Å². The minimum absolute atomic E-state index is 0.236. The fourth-order valence-corrected chi connectivity index (χ4v) is 2.43. The van der Waals surface area contributed by atoms with Gasteiger partial charge < -0.3 is 9.67 Å². The average molecular weight is 302 g/mol. The number of aryl methyl sites for hydroxylation is 1. The van der Waals surface area contributed by atoms with Crippen LogP contribution >= 0.6 is 0 Å². The number of carboxylic acids is 1. The molecule has 112 valence electrons. The van der Waals surface area contributed by atoms with Crippen LogP contribution in [0.2, 0.25) is 0 Å². The van der Waals surface area contributed by atoms with Crippen molar-refractivity contribution >= 4 is 5.97 Å². The Bertz CT molecular complexity index is 898. The number of aromatic nitrogens is 1. The van der Waals surface area contributed by atoms with Crippen molar-refractivity contribution in [1.82, 2.24) is 4.57 Å². The molecule has 1 N–H and O–H groups in total. The highest BCUT2D eigenvalue weighted by Gasteiger charge is 2.10. The maximum Gasteiger partial charge on any atom is 0.335 e. The van der Waals surface area contributed by atoms with Gasteiger partial charge in [0.15, 0.2) is 0 Å². The van der Waals surface area contributed by atoms with Crippen molar-refractivity contribution in [1.29, 1.82) is 5.26 Å². The molecule has 1 heterocycles. The molecule has 3 rings (SSSR count). The summed E-state index contributed by atoms with van der Waals surface area (Å²) in [5, 5.41) is 18.3. The van der Waals surface area contributed by atoms with Gasteiger partial charge in [-0.25, -0.2) is 4.79 Å². The summed E-state index contributed by atoms with van der Waals surface area (Å²) in [4.78, 5) is 10.9. The maximum absolute atomic E-state index is 10.9. The molecule has 4 nitrogen and oxygen atoms in total. The van der Waals surface area contributed by atoms with E-state index >= 15 is 0 Å². The van der Waals surface area contributed by atoms with Crippen LogP contribution < -0.4 is 0 Å². The van der Waals surface area contributed by atoms with E-state index in [1.54, 1.807) is 30.5 Å². The van der Waals surface area contributed by atoms with E-state index in [-0.39, 0.29) is 5.56 Å². The second kappa shape index (κ2) is 5.82. The van der Waals surface area contributed by atoms with Crippen molar-refractivity contribution in [2.24, 2.45) is 0 Å². The number of benzene rings is 2. The van der Waals surface area contributed by atoms with Gasteiger partial charge in [-0.3, -0.25) is 0 Å². The van der Waals surface area contributed by atoms with Crippen LogP contribution in [0, 0.1) is 18.3 Å². The first-order chi connectivity index (χ1) is 11.1. The first-order valence-corrected chi connectivity index (χ1v) is 7.11. The molecule has 4 heteroatoms. The maximum atomic E-state index is 10.9. The zero-order valence-electron chi connectivity index (χ0n) is 12.5. The Balaban J connectivity index is 2.03. The molecule has 0 saturated heterocycles. The summed E-state index contributed by atoms with van der Waals surface area (Å²) in [5.41, 5.74) is 4.63. The van der Waals surface area contributed by atoms with Crippen molar-refractivity contribution in [3.63, 3.8) is 0 Å². The van der Waals surface area contributed by atoms with E-state index in [1.807, 2.05) is 42.0 Å². The molecule has 0 aliphatic rings. The lowest BCUT2D eigenvalue weighted by Gasteiger charge is -2.03. The molecule has 2 aromatic carbocycles. The van der Waals surface area contributed by atoms with Gasteiger partial charge in [0.25, 0.3) is 0 Å². The summed E-state index contributed by atoms with van der Waals surface area (Å²) in [7, 11) is 0. The van der Waals surface area contributed by atoms with Gasteiger partial charge in [0.1, 0.15) is 6.07 Å². The van der Waals surface area contributed by atoms with E-state index in [2.05, 4.69) is 6.07 Å². The topological polar surface area (TPSA) is 66.0 Å². The molecule has 0 aliphatic heterocycles. The molecule has 0 saturated carbocycles. The predicted molar refractivity (Wildman–Crippen MR) is 87.6 cm³/mol. The minimum Gasteiger partial charge on any atom is -0.478 e. The van der Waals surface area contributed by atoms with Gasteiger partial charge in [0, 0.05) is 23.6 Å². The number of hydrogen-bond acceptors (Lipinski definition) is 2. The fraction of sp³-hybridized carbons (Fsp3) is 0.0526. The average Bonchev–Trinajstić information content (AvgIpc) is 3.00. The first-order valence-electron chi connectivity index (χ1n) is 7.11. The quantitative estimate of drug-likeness (QED) is 0.794. The van der Waals surface area contributed by atoms with Gasteiger partial charge in [-0.05, 0) is 36.8 Å². The lowest BCUT2D eigenvalue weighted by Crippen LogP contribution is -1.97. The van der Waals surface area contributed by atoms with Crippen molar-refractivity contribution in [3.8, 4) is 22.9 Å². The van der Waals surface area contributed by atoms with Crippen LogP contribution in [0.1, 0.15) is 21.5 Å². The highest BCUT2D eigenvalue weighted by Crippen LogP contribution is 2.26. The smallest absolute Gasteiger partial charge is 0.335 e. The van der Waals surface area contributed by atoms with Gasteiger partial charge in [0.2, 0.25) is 0 Å². The Labute approximate surface area is 133 Å². The van der Waals surface area contributed by atoms with Crippen LogP contribution in [0.15, 0.2) is 60.9 Å². The van der Waals surface area contributed by atoms with E-state index in [4.69, 9.17) is 5.11 Å². The highest BCUT2D eigenvalue weighted by molar-refractivity contribution is 5.87. The Kier molecular flexibility index (Phi) is 3.70. The van der Waals surface area contributed by atoms with Gasteiger partial charge in [-0.2, -0.15) is 5.26 Å². The number of carboxylic acid groups (broad SMARTS) is 1. The standard InChI is InChI=1S/C19H14N2O2/c1-13-2-4-14(5-3-13)18-12-21(11-16(18)10-20)17-8-6-15(7-9-17)19(22)23/h2-9,11-12H,1H3,(H,22,23). The third kappa shape index (κ3) is 2.85. The lowest BCUT2D eigenvalue weighted by atomic mass is 10.0. The molecule has 0 spiro atoms. The molecule has 0 amide bonds. The van der Waals surface area contributed by atoms with Crippen LogP contribution in [-0.2, 0) is 0 Å². The van der Waals surface area contributed by atoms with E-state index in [0.29, 0.717) is 5.56 Å². The fourth-order valence-electron chi connectivity index (χ4n) is 2.43. The SMILES string of the molecule is Cc1ccc(-c2cn(-c3ccc(C(=O)O)cc3)cc2C#N)cc1. The number of carbonyl (C=O) groups is 1. The molecule has 0 atom stereocenters. The molecule has 3 aromatic rings. The highest BCUT2D eigenvalue weighted by atomic mass is 16.4. The molecule has 0 aliphatic carbocycles. The predicted octanol–water partition coefficient (Wildman–Crippen LogP) is 4.02. The summed E-state index contributed by atoms with van der Waals surface area (Å²) in [6.07, 6.45) is 3.64. The van der Waals surface area contributed by atoms with Crippen LogP contribution in [0.4, 0.5) is 0 Å². The molecule has 0 unspecified atom stereocenters. The normalized spacial score (nSPS) is 10.3. The summed E-state index contributed by atoms with van der Waals surface area (Å²) < 4.78 is 1.83. The summed E-state index contributed by atoms with van der Waals surface area (Å²) in [6, 6.07) is 16.8. The molecule has 0 bridgehead atoms. The Morgan fingerprint density at radius 3 is 2.26 bits per heavy atom. The van der Waals surface area contributed by atoms with Gasteiger partial charge in [-0.15, -0.1) is 0 Å². The molecular weight excluding hydrogens is 288 g/mol. The number of aromatic carboxylic acids is 1. The van der Waals surface area contributed by atoms with Gasteiger partial charge >= 0.3 is 5.97 Å². The monoisotopic (exact) mass is 302 g/mol. The number of hydrogen-bond donors (Lipinski definition) is 1. The Morgan fingerprint density at radius 1 is 1.04 bits per heavy atom. The summed E-state index contributed by atoms with van der Waals surface area (Å²) in [6.45, 7) is 2.02. The molecular formula is C19H14N2O2. The van der Waals surface area contributed by atoms with Gasteiger partial charge in [0.05, 0.1) is 11.1 Å². The summed E-state index contributed by atoms with van der Waals surface area (Å²) in [5.74, 6) is -0.956. The third-order valence-corrected chi connectivity index (χ3v) is 3.72. The van der Waals surface area contributed by atoms with Crippen molar-refractivity contribution in [2.75, 3.05) is 0 Å². The minimum atomic E-state index is -0.956. The number of nitriles is 1. The number of nitrogens with zero attached hydrogens (tertiary/aromatic N) is 2. The largest absolute Gasteiger partial charge is 0.478 e. The van der Waals surface area contributed by atoms with Crippen LogP contribution in [0.25, 0.3) is 16.8 Å². The molecule has 0 fully saturated rings. The number of rotatable bonds is 3. The Morgan fingerprint density at radius 2 is 1.70 bits per heavy atom. The second-order valence-electron chi connectivity index (χ2n) is 5.32. The lowest BCUT2D eigenvalue weighted by molar-refractivity contribution is 0.0697. The van der Waals surface area contributed by atoms with E-state index in [9.17, 15) is 10.1 Å². The van der Waals surface area contributed by atoms with Crippen LogP contribution in [0.5, 0.6) is 0 Å².